The number of nitrogen functional groups attached to an aromatic ring is 1. The lowest BCUT2D eigenvalue weighted by Gasteiger charge is -2.22. The number of unbranched alkanes of at least 4 members (excludes halogenated alkanes) is 2. The summed E-state index contributed by atoms with van der Waals surface area (Å²) in [6.45, 7) is 5.97. The lowest BCUT2D eigenvalue weighted by Crippen LogP contribution is -2.32. The molecular formula is C15H25N3O. The van der Waals surface area contributed by atoms with Crippen molar-refractivity contribution in [3.05, 3.63) is 29.8 Å². The second-order valence-electron chi connectivity index (χ2n) is 4.72. The maximum absolute atomic E-state index is 12.4. The molecule has 3 N–H and O–H groups in total. The molecule has 0 aliphatic heterocycles. The lowest BCUT2D eigenvalue weighted by molar-refractivity contribution is 0.0751. The van der Waals surface area contributed by atoms with Crippen LogP contribution in [0.2, 0.25) is 0 Å². The molecule has 4 heteroatoms. The predicted octanol–water partition coefficient (Wildman–Crippen LogP) is 3.01. The van der Waals surface area contributed by atoms with Crippen LogP contribution in [0.1, 0.15) is 49.9 Å². The van der Waals surface area contributed by atoms with Crippen LogP contribution >= 0.6 is 0 Å². The summed E-state index contributed by atoms with van der Waals surface area (Å²) in [5.41, 5.74) is 4.10. The van der Waals surface area contributed by atoms with Crippen LogP contribution in [-0.2, 0) is 0 Å². The summed E-state index contributed by atoms with van der Waals surface area (Å²) in [5.74, 6) is 5.44. The van der Waals surface area contributed by atoms with E-state index < -0.39 is 0 Å². The van der Waals surface area contributed by atoms with E-state index >= 15 is 0 Å². The molecule has 0 aliphatic rings. The molecule has 0 aliphatic carbocycles. The molecule has 0 unspecified atom stereocenters. The van der Waals surface area contributed by atoms with E-state index in [1.165, 1.54) is 0 Å². The molecule has 0 atom stereocenters. The monoisotopic (exact) mass is 263 g/mol. The second-order valence-corrected chi connectivity index (χ2v) is 4.72. The van der Waals surface area contributed by atoms with Crippen LogP contribution in [0.3, 0.4) is 0 Å². The standard InChI is InChI=1S/C15H25N3O/c1-3-5-11-18(12-6-4-2)15(19)13-7-9-14(17-16)10-8-13/h7-10,17H,3-6,11-12,16H2,1-2H3. The third kappa shape index (κ3) is 4.91. The van der Waals surface area contributed by atoms with Gasteiger partial charge in [-0.2, -0.15) is 0 Å². The van der Waals surface area contributed by atoms with Crippen LogP contribution in [0.25, 0.3) is 0 Å². The van der Waals surface area contributed by atoms with Gasteiger partial charge in [-0.05, 0) is 37.1 Å². The van der Waals surface area contributed by atoms with Gasteiger partial charge in [0.2, 0.25) is 0 Å². The predicted molar refractivity (Wildman–Crippen MR) is 80.0 cm³/mol. The van der Waals surface area contributed by atoms with Crippen LogP contribution in [-0.4, -0.2) is 23.9 Å². The van der Waals surface area contributed by atoms with E-state index in [1.54, 1.807) is 0 Å². The highest BCUT2D eigenvalue weighted by Crippen LogP contribution is 2.12. The number of anilines is 1. The number of hydrazine groups is 1. The molecule has 1 aromatic rings. The number of nitrogens with one attached hydrogen (secondary N) is 1. The van der Waals surface area contributed by atoms with Gasteiger partial charge in [-0.1, -0.05) is 26.7 Å². The van der Waals surface area contributed by atoms with Crippen molar-refractivity contribution >= 4 is 11.6 Å². The van der Waals surface area contributed by atoms with Gasteiger partial charge in [-0.25, -0.2) is 0 Å². The molecule has 0 saturated heterocycles. The Bertz CT molecular complexity index is 367. The number of carbonyl (C=O) groups excluding carboxylic acids is 1. The van der Waals surface area contributed by atoms with E-state index in [0.717, 1.165) is 50.0 Å². The molecule has 0 radical (unpaired) electrons. The number of hydrogen-bond acceptors (Lipinski definition) is 3. The molecule has 106 valence electrons. The zero-order valence-corrected chi connectivity index (χ0v) is 12.0. The molecular weight excluding hydrogens is 238 g/mol. The van der Waals surface area contributed by atoms with E-state index in [1.807, 2.05) is 29.2 Å². The first-order chi connectivity index (χ1) is 9.22. The number of rotatable bonds is 8. The number of nitrogens with two attached hydrogens (primary N) is 1. The van der Waals surface area contributed by atoms with Crippen molar-refractivity contribution in [2.24, 2.45) is 5.84 Å². The molecule has 0 heterocycles. The van der Waals surface area contributed by atoms with E-state index in [9.17, 15) is 4.79 Å². The van der Waals surface area contributed by atoms with Gasteiger partial charge < -0.3 is 10.3 Å². The number of amides is 1. The summed E-state index contributed by atoms with van der Waals surface area (Å²) in [7, 11) is 0. The van der Waals surface area contributed by atoms with Crippen molar-refractivity contribution in [3.8, 4) is 0 Å². The summed E-state index contributed by atoms with van der Waals surface area (Å²) >= 11 is 0. The smallest absolute Gasteiger partial charge is 0.253 e. The third-order valence-corrected chi connectivity index (χ3v) is 3.15. The van der Waals surface area contributed by atoms with Gasteiger partial charge in [0.15, 0.2) is 0 Å². The summed E-state index contributed by atoms with van der Waals surface area (Å²) < 4.78 is 0. The minimum Gasteiger partial charge on any atom is -0.339 e. The van der Waals surface area contributed by atoms with Crippen LogP contribution in [0.15, 0.2) is 24.3 Å². The minimum atomic E-state index is 0.116. The Morgan fingerprint density at radius 1 is 1.11 bits per heavy atom. The molecule has 0 bridgehead atoms. The zero-order chi connectivity index (χ0) is 14.1. The van der Waals surface area contributed by atoms with Gasteiger partial charge >= 0.3 is 0 Å². The summed E-state index contributed by atoms with van der Waals surface area (Å²) in [6, 6.07) is 7.29. The van der Waals surface area contributed by atoms with Gasteiger partial charge in [0.05, 0.1) is 0 Å². The lowest BCUT2D eigenvalue weighted by atomic mass is 10.1. The zero-order valence-electron chi connectivity index (χ0n) is 12.0. The number of nitrogens with zero attached hydrogens (tertiary/aromatic N) is 1. The molecule has 0 aromatic heterocycles. The first kappa shape index (κ1) is 15.5. The Kier molecular flexibility index (Phi) is 6.97. The van der Waals surface area contributed by atoms with E-state index in [0.29, 0.717) is 0 Å². The average Bonchev–Trinajstić information content (AvgIpc) is 2.47. The highest BCUT2D eigenvalue weighted by atomic mass is 16.2. The molecule has 0 fully saturated rings. The van der Waals surface area contributed by atoms with E-state index in [2.05, 4.69) is 19.3 Å². The van der Waals surface area contributed by atoms with Crippen molar-refractivity contribution in [1.82, 2.24) is 4.90 Å². The first-order valence-corrected chi connectivity index (χ1v) is 7.08. The van der Waals surface area contributed by atoms with Crippen LogP contribution in [0, 0.1) is 0 Å². The van der Waals surface area contributed by atoms with Gasteiger partial charge in [-0.3, -0.25) is 10.6 Å². The summed E-state index contributed by atoms with van der Waals surface area (Å²) in [4.78, 5) is 14.4. The van der Waals surface area contributed by atoms with Gasteiger partial charge in [-0.15, -0.1) is 0 Å². The van der Waals surface area contributed by atoms with Gasteiger partial charge in [0.1, 0.15) is 0 Å². The first-order valence-electron chi connectivity index (χ1n) is 7.08. The van der Waals surface area contributed by atoms with Crippen molar-refractivity contribution < 1.29 is 4.79 Å². The van der Waals surface area contributed by atoms with E-state index in [-0.39, 0.29) is 5.91 Å². The fourth-order valence-corrected chi connectivity index (χ4v) is 1.90. The van der Waals surface area contributed by atoms with Crippen LogP contribution in [0.5, 0.6) is 0 Å². The second kappa shape index (κ2) is 8.53. The highest BCUT2D eigenvalue weighted by Gasteiger charge is 2.14. The Morgan fingerprint density at radius 3 is 2.05 bits per heavy atom. The summed E-state index contributed by atoms with van der Waals surface area (Å²) in [5, 5.41) is 0. The normalized spacial score (nSPS) is 10.3. The Balaban J connectivity index is 2.72. The van der Waals surface area contributed by atoms with Crippen molar-refractivity contribution in [2.75, 3.05) is 18.5 Å². The minimum absolute atomic E-state index is 0.116. The SMILES string of the molecule is CCCCN(CCCC)C(=O)c1ccc(NN)cc1. The molecule has 0 saturated carbocycles. The third-order valence-electron chi connectivity index (χ3n) is 3.15. The Labute approximate surface area is 115 Å². The molecule has 1 rings (SSSR count). The van der Waals surface area contributed by atoms with Crippen molar-refractivity contribution in [2.45, 2.75) is 39.5 Å². The van der Waals surface area contributed by atoms with Crippen molar-refractivity contribution in [3.63, 3.8) is 0 Å². The Hall–Kier alpha value is -1.55. The van der Waals surface area contributed by atoms with Crippen molar-refractivity contribution in [1.29, 1.82) is 0 Å². The van der Waals surface area contributed by atoms with Crippen LogP contribution in [0.4, 0.5) is 5.69 Å². The summed E-state index contributed by atoms with van der Waals surface area (Å²) in [6.07, 6.45) is 4.31. The quantitative estimate of drug-likeness (QED) is 0.560. The maximum Gasteiger partial charge on any atom is 0.253 e. The molecule has 0 spiro atoms. The average molecular weight is 263 g/mol. The molecule has 19 heavy (non-hydrogen) atoms. The topological polar surface area (TPSA) is 58.4 Å². The Morgan fingerprint density at radius 2 is 1.63 bits per heavy atom. The maximum atomic E-state index is 12.4. The number of benzene rings is 1. The molecule has 1 aromatic carbocycles. The highest BCUT2D eigenvalue weighted by molar-refractivity contribution is 5.94. The number of hydrogen-bond donors (Lipinski definition) is 2. The number of carbonyl (C=O) groups is 1. The fourth-order valence-electron chi connectivity index (χ4n) is 1.90. The largest absolute Gasteiger partial charge is 0.339 e. The molecule has 1 amide bonds. The van der Waals surface area contributed by atoms with Gasteiger partial charge in [0, 0.05) is 24.3 Å². The molecule has 4 nitrogen and oxygen atoms in total. The van der Waals surface area contributed by atoms with Crippen LogP contribution < -0.4 is 11.3 Å². The van der Waals surface area contributed by atoms with Gasteiger partial charge in [0.25, 0.3) is 5.91 Å². The van der Waals surface area contributed by atoms with E-state index in [4.69, 9.17) is 5.84 Å². The fraction of sp³-hybridized carbons (Fsp3) is 0.533.